The molecule has 1 aromatic heterocycles. The first-order valence-electron chi connectivity index (χ1n) is 7.80. The van der Waals surface area contributed by atoms with Gasteiger partial charge in [0.15, 0.2) is 5.13 Å². The van der Waals surface area contributed by atoms with Crippen LogP contribution >= 0.6 is 11.3 Å². The molecule has 0 aromatic carbocycles. The third-order valence-corrected chi connectivity index (χ3v) is 5.06. The zero-order chi connectivity index (χ0) is 13.2. The predicted molar refractivity (Wildman–Crippen MR) is 82.0 cm³/mol. The summed E-state index contributed by atoms with van der Waals surface area (Å²) in [6, 6.07) is 1.56. The Morgan fingerprint density at radius 3 is 2.63 bits per heavy atom. The normalized spacial score (nSPS) is 18.8. The molecule has 4 heteroatoms. The van der Waals surface area contributed by atoms with Crippen molar-refractivity contribution < 1.29 is 0 Å². The minimum Gasteiger partial charge on any atom is -0.345 e. The van der Waals surface area contributed by atoms with Gasteiger partial charge in [0.2, 0.25) is 0 Å². The molecule has 0 bridgehead atoms. The minimum atomic E-state index is 0.778. The number of nitrogens with zero attached hydrogens (tertiary/aromatic N) is 2. The number of nitrogens with one attached hydrogen (secondary N) is 1. The van der Waals surface area contributed by atoms with Gasteiger partial charge in [-0.1, -0.05) is 13.8 Å². The molecule has 1 aromatic rings. The average molecular weight is 279 g/mol. The highest BCUT2D eigenvalue weighted by Crippen LogP contribution is 2.36. The number of hydrogen-bond donors (Lipinski definition) is 1. The van der Waals surface area contributed by atoms with E-state index >= 15 is 0 Å². The summed E-state index contributed by atoms with van der Waals surface area (Å²) in [6.45, 7) is 6.67. The third-order valence-electron chi connectivity index (χ3n) is 3.93. The van der Waals surface area contributed by atoms with Crippen LogP contribution in [-0.4, -0.2) is 23.6 Å². The maximum absolute atomic E-state index is 4.91. The highest BCUT2D eigenvalue weighted by atomic mass is 32.1. The highest BCUT2D eigenvalue weighted by molar-refractivity contribution is 7.15. The van der Waals surface area contributed by atoms with E-state index in [1.54, 1.807) is 0 Å². The molecule has 1 N–H and O–H groups in total. The lowest BCUT2D eigenvalue weighted by molar-refractivity contribution is 0.689. The Balaban J connectivity index is 1.72. The van der Waals surface area contributed by atoms with Gasteiger partial charge in [0.25, 0.3) is 0 Å². The number of hydrogen-bond acceptors (Lipinski definition) is 4. The fourth-order valence-corrected chi connectivity index (χ4v) is 3.69. The summed E-state index contributed by atoms with van der Waals surface area (Å²) in [7, 11) is 0. The molecular weight excluding hydrogens is 254 g/mol. The highest BCUT2D eigenvalue weighted by Gasteiger charge is 2.31. The minimum absolute atomic E-state index is 0.778. The Kier molecular flexibility index (Phi) is 4.08. The second-order valence-electron chi connectivity index (χ2n) is 5.80. The summed E-state index contributed by atoms with van der Waals surface area (Å²) >= 11 is 1.92. The summed E-state index contributed by atoms with van der Waals surface area (Å²) in [5.41, 5.74) is 1.31. The first kappa shape index (κ1) is 13.4. The summed E-state index contributed by atoms with van der Waals surface area (Å²) in [4.78, 5) is 8.92. The zero-order valence-corrected chi connectivity index (χ0v) is 12.9. The largest absolute Gasteiger partial charge is 0.345 e. The van der Waals surface area contributed by atoms with Crippen LogP contribution in [-0.2, 0) is 13.0 Å². The second kappa shape index (κ2) is 5.80. The fraction of sp³-hybridized carbons (Fsp3) is 0.800. The van der Waals surface area contributed by atoms with Crippen molar-refractivity contribution in [2.45, 2.75) is 71.0 Å². The Labute approximate surface area is 120 Å². The number of anilines is 1. The molecule has 0 atom stereocenters. The van der Waals surface area contributed by atoms with Crippen molar-refractivity contribution in [2.24, 2.45) is 0 Å². The summed E-state index contributed by atoms with van der Waals surface area (Å²) in [6.07, 6.45) is 7.71. The summed E-state index contributed by atoms with van der Waals surface area (Å²) in [5, 5.41) is 4.90. The predicted octanol–water partition coefficient (Wildman–Crippen LogP) is 3.34. The maximum Gasteiger partial charge on any atom is 0.186 e. The summed E-state index contributed by atoms with van der Waals surface area (Å²) < 4.78 is 0. The molecule has 2 aliphatic rings. The van der Waals surface area contributed by atoms with E-state index in [2.05, 4.69) is 24.1 Å². The van der Waals surface area contributed by atoms with Gasteiger partial charge in [0.05, 0.1) is 5.69 Å². The van der Waals surface area contributed by atoms with Crippen LogP contribution in [0, 0.1) is 0 Å². The molecule has 0 amide bonds. The van der Waals surface area contributed by atoms with Gasteiger partial charge < -0.3 is 10.2 Å². The van der Waals surface area contributed by atoms with Gasteiger partial charge in [-0.2, -0.15) is 0 Å². The SMILES string of the molecule is CCCN(c1nc(CC)c(CNC2CC2)s1)C1CC1. The topological polar surface area (TPSA) is 28.2 Å². The Bertz CT molecular complexity index is 421. The standard InChI is InChI=1S/C15H25N3S/c1-3-9-18(12-7-8-12)15-17-13(4-2)14(19-15)10-16-11-5-6-11/h11-12,16H,3-10H2,1-2H3. The van der Waals surface area contributed by atoms with Crippen molar-refractivity contribution in [3.63, 3.8) is 0 Å². The molecule has 19 heavy (non-hydrogen) atoms. The molecular formula is C15H25N3S. The van der Waals surface area contributed by atoms with Crippen molar-refractivity contribution in [1.82, 2.24) is 10.3 Å². The van der Waals surface area contributed by atoms with E-state index in [9.17, 15) is 0 Å². The Morgan fingerprint density at radius 1 is 1.26 bits per heavy atom. The van der Waals surface area contributed by atoms with Crippen molar-refractivity contribution in [3.8, 4) is 0 Å². The van der Waals surface area contributed by atoms with Gasteiger partial charge in [0.1, 0.15) is 0 Å². The smallest absolute Gasteiger partial charge is 0.186 e. The molecule has 0 spiro atoms. The molecule has 0 radical (unpaired) electrons. The van der Waals surface area contributed by atoms with Crippen molar-refractivity contribution >= 4 is 16.5 Å². The van der Waals surface area contributed by atoms with Gasteiger partial charge in [-0.25, -0.2) is 4.98 Å². The second-order valence-corrected chi connectivity index (χ2v) is 6.86. The van der Waals surface area contributed by atoms with E-state index in [1.165, 1.54) is 47.8 Å². The monoisotopic (exact) mass is 279 g/mol. The molecule has 2 fully saturated rings. The molecule has 106 valence electrons. The Hall–Kier alpha value is -0.610. The van der Waals surface area contributed by atoms with Gasteiger partial charge in [-0.3, -0.25) is 0 Å². The van der Waals surface area contributed by atoms with E-state index in [-0.39, 0.29) is 0 Å². The van der Waals surface area contributed by atoms with Gasteiger partial charge in [0, 0.05) is 30.1 Å². The molecule has 3 nitrogen and oxygen atoms in total. The summed E-state index contributed by atoms with van der Waals surface area (Å²) in [5.74, 6) is 0. The van der Waals surface area contributed by atoms with E-state index in [0.29, 0.717) is 0 Å². The van der Waals surface area contributed by atoms with Crippen LogP contribution in [0.4, 0.5) is 5.13 Å². The molecule has 1 heterocycles. The van der Waals surface area contributed by atoms with E-state index in [4.69, 9.17) is 4.98 Å². The molecule has 3 rings (SSSR count). The maximum atomic E-state index is 4.91. The molecule has 0 saturated heterocycles. The quantitative estimate of drug-likeness (QED) is 0.791. The lowest BCUT2D eigenvalue weighted by Crippen LogP contribution is -2.26. The van der Waals surface area contributed by atoms with Crippen molar-refractivity contribution in [2.75, 3.05) is 11.4 Å². The first-order chi connectivity index (χ1) is 9.31. The van der Waals surface area contributed by atoms with Crippen molar-refractivity contribution in [1.29, 1.82) is 0 Å². The average Bonchev–Trinajstić information content (AvgIpc) is 3.31. The fourth-order valence-electron chi connectivity index (χ4n) is 2.49. The number of thiazole rings is 1. The van der Waals surface area contributed by atoms with Crippen LogP contribution in [0.2, 0.25) is 0 Å². The van der Waals surface area contributed by atoms with E-state index in [1.807, 2.05) is 11.3 Å². The number of aryl methyl sites for hydroxylation is 1. The third kappa shape index (κ3) is 3.29. The van der Waals surface area contributed by atoms with Gasteiger partial charge in [-0.15, -0.1) is 11.3 Å². The Morgan fingerprint density at radius 2 is 2.05 bits per heavy atom. The van der Waals surface area contributed by atoms with Crippen LogP contribution in [0.3, 0.4) is 0 Å². The van der Waals surface area contributed by atoms with Crippen LogP contribution < -0.4 is 10.2 Å². The number of rotatable bonds is 8. The molecule has 2 saturated carbocycles. The van der Waals surface area contributed by atoms with Crippen LogP contribution in [0.15, 0.2) is 0 Å². The van der Waals surface area contributed by atoms with Crippen molar-refractivity contribution in [3.05, 3.63) is 10.6 Å². The lowest BCUT2D eigenvalue weighted by atomic mass is 10.3. The van der Waals surface area contributed by atoms with E-state index in [0.717, 1.165) is 31.6 Å². The number of aromatic nitrogens is 1. The van der Waals surface area contributed by atoms with Crippen LogP contribution in [0.1, 0.15) is 56.5 Å². The molecule has 0 unspecified atom stereocenters. The van der Waals surface area contributed by atoms with E-state index < -0.39 is 0 Å². The van der Waals surface area contributed by atoms with Crippen LogP contribution in [0.25, 0.3) is 0 Å². The lowest BCUT2D eigenvalue weighted by Gasteiger charge is -2.20. The molecule has 0 aliphatic heterocycles. The first-order valence-corrected chi connectivity index (χ1v) is 8.62. The van der Waals surface area contributed by atoms with Gasteiger partial charge >= 0.3 is 0 Å². The zero-order valence-electron chi connectivity index (χ0n) is 12.1. The molecule has 2 aliphatic carbocycles. The van der Waals surface area contributed by atoms with Gasteiger partial charge in [-0.05, 0) is 38.5 Å². The van der Waals surface area contributed by atoms with Crippen LogP contribution in [0.5, 0.6) is 0 Å².